The molecule has 0 aromatic heterocycles. The Kier molecular flexibility index (Phi) is 6.33. The lowest BCUT2D eigenvalue weighted by atomic mass is 10.0. The highest BCUT2D eigenvalue weighted by Crippen LogP contribution is 2.17. The van der Waals surface area contributed by atoms with Gasteiger partial charge in [0, 0.05) is 17.1 Å². The molecule has 0 bridgehead atoms. The summed E-state index contributed by atoms with van der Waals surface area (Å²) in [6, 6.07) is 8.75. The second kappa shape index (κ2) is 8.01. The molecule has 0 unspecified atom stereocenters. The summed E-state index contributed by atoms with van der Waals surface area (Å²) in [5.74, 6) is 0.947. The third kappa shape index (κ3) is 4.76. The molecule has 3 nitrogen and oxygen atoms in total. The van der Waals surface area contributed by atoms with E-state index in [1.807, 2.05) is 24.3 Å². The maximum Gasteiger partial charge on any atom is 0.119 e. The van der Waals surface area contributed by atoms with Crippen LogP contribution in [0.5, 0.6) is 5.75 Å². The predicted molar refractivity (Wildman–Crippen MR) is 87.4 cm³/mol. The molecule has 0 atom stereocenters. The first kappa shape index (κ1) is 15.8. The Morgan fingerprint density at radius 2 is 1.90 bits per heavy atom. The second-order valence-corrected chi connectivity index (χ2v) is 6.36. The molecule has 0 aliphatic carbocycles. The fraction of sp³-hybridized carbons (Fsp3) is 0.625. The van der Waals surface area contributed by atoms with Gasteiger partial charge in [-0.2, -0.15) is 0 Å². The van der Waals surface area contributed by atoms with E-state index >= 15 is 0 Å². The highest BCUT2D eigenvalue weighted by atomic mass is 79.9. The zero-order valence-corrected chi connectivity index (χ0v) is 14.1. The van der Waals surface area contributed by atoms with Gasteiger partial charge >= 0.3 is 0 Å². The molecule has 1 aliphatic heterocycles. The molecule has 1 fully saturated rings. The van der Waals surface area contributed by atoms with Crippen molar-refractivity contribution < 1.29 is 4.74 Å². The molecule has 1 saturated heterocycles. The number of hydrogen-bond donors (Lipinski definition) is 0. The summed E-state index contributed by atoms with van der Waals surface area (Å²) in [5.41, 5.74) is 0. The van der Waals surface area contributed by atoms with Gasteiger partial charge in [-0.1, -0.05) is 22.9 Å². The number of benzene rings is 1. The van der Waals surface area contributed by atoms with Gasteiger partial charge < -0.3 is 9.64 Å². The molecule has 1 aromatic carbocycles. The lowest BCUT2D eigenvalue weighted by Gasteiger charge is -2.36. The molecule has 1 aliphatic rings. The van der Waals surface area contributed by atoms with Crippen molar-refractivity contribution in [2.75, 3.05) is 39.8 Å². The first-order valence-corrected chi connectivity index (χ1v) is 8.29. The van der Waals surface area contributed by atoms with Gasteiger partial charge in [0.1, 0.15) is 12.4 Å². The third-order valence-electron chi connectivity index (χ3n) is 4.15. The molecule has 112 valence electrons. The van der Waals surface area contributed by atoms with E-state index in [0.717, 1.165) is 23.4 Å². The number of likely N-dealkylation sites (N-methyl/N-ethyl adjacent to an activating group) is 1. The van der Waals surface area contributed by atoms with Crippen molar-refractivity contribution in [3.8, 4) is 5.75 Å². The molecular formula is C16H25BrN2O. The molecule has 20 heavy (non-hydrogen) atoms. The van der Waals surface area contributed by atoms with E-state index in [0.29, 0.717) is 6.04 Å². The van der Waals surface area contributed by atoms with Crippen LogP contribution < -0.4 is 4.74 Å². The van der Waals surface area contributed by atoms with Gasteiger partial charge in [0.05, 0.1) is 0 Å². The van der Waals surface area contributed by atoms with Crippen LogP contribution in [0.3, 0.4) is 0 Å². The number of nitrogens with zero attached hydrogens (tertiary/aromatic N) is 2. The molecule has 1 aromatic rings. The van der Waals surface area contributed by atoms with Crippen molar-refractivity contribution >= 4 is 15.9 Å². The molecule has 0 N–H and O–H groups in total. The fourth-order valence-corrected chi connectivity index (χ4v) is 2.96. The number of piperidine rings is 1. The number of likely N-dealkylation sites (tertiary alicyclic amines) is 1. The summed E-state index contributed by atoms with van der Waals surface area (Å²) in [6.07, 6.45) is 2.56. The standard InChI is InChI=1S/C16H25BrN2O/c1-3-19-10-8-15(9-11-19)18(2)12-13-20-16-6-4-14(17)5-7-16/h4-7,15H,3,8-13H2,1-2H3. The van der Waals surface area contributed by atoms with Crippen molar-refractivity contribution in [3.63, 3.8) is 0 Å². The zero-order valence-electron chi connectivity index (χ0n) is 12.5. The monoisotopic (exact) mass is 340 g/mol. The van der Waals surface area contributed by atoms with E-state index in [1.165, 1.54) is 32.5 Å². The molecule has 0 amide bonds. The van der Waals surface area contributed by atoms with Crippen molar-refractivity contribution in [3.05, 3.63) is 28.7 Å². The Labute approximate surface area is 131 Å². The first-order chi connectivity index (χ1) is 9.69. The minimum absolute atomic E-state index is 0.714. The van der Waals surface area contributed by atoms with E-state index in [9.17, 15) is 0 Å². The zero-order chi connectivity index (χ0) is 14.4. The Hall–Kier alpha value is -0.580. The number of rotatable bonds is 6. The van der Waals surface area contributed by atoms with Crippen molar-refractivity contribution in [1.29, 1.82) is 0 Å². The molecular weight excluding hydrogens is 316 g/mol. The van der Waals surface area contributed by atoms with Crippen LogP contribution in [0.25, 0.3) is 0 Å². The van der Waals surface area contributed by atoms with Gasteiger partial charge in [-0.3, -0.25) is 4.90 Å². The molecule has 0 spiro atoms. The van der Waals surface area contributed by atoms with Crippen LogP contribution >= 0.6 is 15.9 Å². The van der Waals surface area contributed by atoms with Crippen LogP contribution in [0.4, 0.5) is 0 Å². The topological polar surface area (TPSA) is 15.7 Å². The second-order valence-electron chi connectivity index (χ2n) is 5.45. The molecule has 0 saturated carbocycles. The van der Waals surface area contributed by atoms with Crippen LogP contribution in [-0.2, 0) is 0 Å². The van der Waals surface area contributed by atoms with Crippen LogP contribution in [0, 0.1) is 0 Å². The van der Waals surface area contributed by atoms with Crippen molar-refractivity contribution in [1.82, 2.24) is 9.80 Å². The Morgan fingerprint density at radius 1 is 1.25 bits per heavy atom. The van der Waals surface area contributed by atoms with Crippen LogP contribution in [0.2, 0.25) is 0 Å². The van der Waals surface area contributed by atoms with Gasteiger partial charge in [0.2, 0.25) is 0 Å². The van der Waals surface area contributed by atoms with Crippen molar-refractivity contribution in [2.24, 2.45) is 0 Å². The number of halogens is 1. The highest BCUT2D eigenvalue weighted by Gasteiger charge is 2.21. The molecule has 1 heterocycles. The van der Waals surface area contributed by atoms with E-state index in [-0.39, 0.29) is 0 Å². The maximum atomic E-state index is 5.79. The van der Waals surface area contributed by atoms with Gasteiger partial charge in [-0.15, -0.1) is 0 Å². The Balaban J connectivity index is 1.67. The van der Waals surface area contributed by atoms with Gasteiger partial charge in [0.15, 0.2) is 0 Å². The summed E-state index contributed by atoms with van der Waals surface area (Å²) < 4.78 is 6.88. The quantitative estimate of drug-likeness (QED) is 0.790. The highest BCUT2D eigenvalue weighted by molar-refractivity contribution is 9.10. The Bertz CT molecular complexity index is 388. The molecule has 2 rings (SSSR count). The van der Waals surface area contributed by atoms with Gasteiger partial charge in [-0.05, 0) is 63.8 Å². The fourth-order valence-electron chi connectivity index (χ4n) is 2.70. The third-order valence-corrected chi connectivity index (χ3v) is 4.68. The predicted octanol–water partition coefficient (Wildman–Crippen LogP) is 3.24. The SMILES string of the molecule is CCN1CCC(N(C)CCOc2ccc(Br)cc2)CC1. The Morgan fingerprint density at radius 3 is 2.50 bits per heavy atom. The van der Waals surface area contributed by atoms with E-state index < -0.39 is 0 Å². The maximum absolute atomic E-state index is 5.79. The lowest BCUT2D eigenvalue weighted by molar-refractivity contribution is 0.118. The van der Waals surface area contributed by atoms with E-state index in [4.69, 9.17) is 4.74 Å². The van der Waals surface area contributed by atoms with Crippen LogP contribution in [-0.4, -0.2) is 55.7 Å². The van der Waals surface area contributed by atoms with Gasteiger partial charge in [0.25, 0.3) is 0 Å². The van der Waals surface area contributed by atoms with E-state index in [1.54, 1.807) is 0 Å². The summed E-state index contributed by atoms with van der Waals surface area (Å²) in [4.78, 5) is 4.98. The minimum atomic E-state index is 0.714. The molecule has 4 heteroatoms. The summed E-state index contributed by atoms with van der Waals surface area (Å²) in [5, 5.41) is 0. The average molecular weight is 341 g/mol. The summed E-state index contributed by atoms with van der Waals surface area (Å²) in [6.45, 7) is 7.65. The number of ether oxygens (including phenoxy) is 1. The van der Waals surface area contributed by atoms with Crippen LogP contribution in [0.1, 0.15) is 19.8 Å². The summed E-state index contributed by atoms with van der Waals surface area (Å²) >= 11 is 3.43. The number of hydrogen-bond acceptors (Lipinski definition) is 3. The lowest BCUT2D eigenvalue weighted by Crippen LogP contribution is -2.44. The molecule has 0 radical (unpaired) electrons. The van der Waals surface area contributed by atoms with Gasteiger partial charge in [-0.25, -0.2) is 0 Å². The van der Waals surface area contributed by atoms with Crippen molar-refractivity contribution in [2.45, 2.75) is 25.8 Å². The summed E-state index contributed by atoms with van der Waals surface area (Å²) in [7, 11) is 2.22. The largest absolute Gasteiger partial charge is 0.492 e. The van der Waals surface area contributed by atoms with Crippen LogP contribution in [0.15, 0.2) is 28.7 Å². The smallest absolute Gasteiger partial charge is 0.119 e. The first-order valence-electron chi connectivity index (χ1n) is 7.50. The average Bonchev–Trinajstić information content (AvgIpc) is 2.49. The van der Waals surface area contributed by atoms with E-state index in [2.05, 4.69) is 39.7 Å². The minimum Gasteiger partial charge on any atom is -0.492 e. The normalized spacial score (nSPS) is 17.6.